The number of rotatable bonds is 7. The van der Waals surface area contributed by atoms with Gasteiger partial charge < -0.3 is 5.73 Å². The molecule has 25 heavy (non-hydrogen) atoms. The Morgan fingerprint density at radius 1 is 0.920 bits per heavy atom. The lowest BCUT2D eigenvalue weighted by Gasteiger charge is -2.12. The van der Waals surface area contributed by atoms with Gasteiger partial charge in [-0.15, -0.1) is 0 Å². The number of aromatic nitrogens is 2. The maximum absolute atomic E-state index is 6.32. The molecule has 3 heteroatoms. The summed E-state index contributed by atoms with van der Waals surface area (Å²) in [5, 5.41) is 0. The van der Waals surface area contributed by atoms with Crippen LogP contribution in [0.2, 0.25) is 0 Å². The van der Waals surface area contributed by atoms with Crippen molar-refractivity contribution in [3.63, 3.8) is 0 Å². The predicted molar refractivity (Wildman–Crippen MR) is 106 cm³/mol. The van der Waals surface area contributed by atoms with Gasteiger partial charge >= 0.3 is 0 Å². The molecule has 0 aliphatic rings. The molecule has 0 bridgehead atoms. The first-order valence-corrected chi connectivity index (χ1v) is 9.20. The van der Waals surface area contributed by atoms with Crippen molar-refractivity contribution in [2.45, 2.75) is 46.0 Å². The summed E-state index contributed by atoms with van der Waals surface area (Å²) < 4.78 is 2.08. The number of hydrogen-bond donors (Lipinski definition) is 1. The highest BCUT2D eigenvalue weighted by atomic mass is 15.2. The fourth-order valence-electron chi connectivity index (χ4n) is 3.22. The average Bonchev–Trinajstić information content (AvgIpc) is 2.96. The highest BCUT2D eigenvalue weighted by Crippen LogP contribution is 2.31. The lowest BCUT2D eigenvalue weighted by atomic mass is 10.0. The van der Waals surface area contributed by atoms with Crippen molar-refractivity contribution in [3.8, 4) is 16.9 Å². The van der Waals surface area contributed by atoms with Crippen LogP contribution in [0.3, 0.4) is 0 Å². The summed E-state index contributed by atoms with van der Waals surface area (Å²) >= 11 is 0. The number of anilines is 1. The van der Waals surface area contributed by atoms with Gasteiger partial charge in [-0.2, -0.15) is 0 Å². The molecule has 3 nitrogen and oxygen atoms in total. The Labute approximate surface area is 150 Å². The first kappa shape index (κ1) is 17.3. The van der Waals surface area contributed by atoms with E-state index >= 15 is 0 Å². The average molecular weight is 333 g/mol. The van der Waals surface area contributed by atoms with Crippen molar-refractivity contribution in [2.75, 3.05) is 5.73 Å². The standard InChI is InChI=1S/C22H27N3/c1-3-4-5-9-12-20-21(18-15-13-17(2)14-16-18)25(22(23)24-20)19-10-7-6-8-11-19/h6-8,10-11,13-16H,3-5,9,12H2,1-2H3,(H2,23,24). The second kappa shape index (κ2) is 8.02. The van der Waals surface area contributed by atoms with E-state index < -0.39 is 0 Å². The van der Waals surface area contributed by atoms with E-state index in [1.54, 1.807) is 0 Å². The van der Waals surface area contributed by atoms with E-state index in [1.165, 1.54) is 30.4 Å². The summed E-state index contributed by atoms with van der Waals surface area (Å²) in [6.45, 7) is 4.35. The Morgan fingerprint density at radius 3 is 2.32 bits per heavy atom. The molecule has 1 heterocycles. The van der Waals surface area contributed by atoms with Crippen LogP contribution in [0.25, 0.3) is 16.9 Å². The first-order chi connectivity index (χ1) is 12.2. The second-order valence-electron chi connectivity index (χ2n) is 6.61. The SMILES string of the molecule is CCCCCCc1nc(N)n(-c2ccccc2)c1-c1ccc(C)cc1. The van der Waals surface area contributed by atoms with E-state index in [0.717, 1.165) is 29.9 Å². The molecule has 0 atom stereocenters. The summed E-state index contributed by atoms with van der Waals surface area (Å²) in [7, 11) is 0. The molecular weight excluding hydrogens is 306 g/mol. The van der Waals surface area contributed by atoms with Crippen molar-refractivity contribution in [2.24, 2.45) is 0 Å². The van der Waals surface area contributed by atoms with Crippen LogP contribution in [0.4, 0.5) is 5.95 Å². The van der Waals surface area contributed by atoms with Crippen LogP contribution in [0, 0.1) is 6.92 Å². The predicted octanol–water partition coefficient (Wildman–Crippen LogP) is 5.55. The van der Waals surface area contributed by atoms with Crippen molar-refractivity contribution in [1.29, 1.82) is 0 Å². The number of nitrogens with zero attached hydrogens (tertiary/aromatic N) is 2. The van der Waals surface area contributed by atoms with Crippen molar-refractivity contribution in [1.82, 2.24) is 9.55 Å². The topological polar surface area (TPSA) is 43.8 Å². The maximum atomic E-state index is 6.32. The van der Waals surface area contributed by atoms with Crippen LogP contribution in [0.5, 0.6) is 0 Å². The zero-order valence-corrected chi connectivity index (χ0v) is 15.2. The van der Waals surface area contributed by atoms with Gasteiger partial charge in [-0.1, -0.05) is 74.2 Å². The van der Waals surface area contributed by atoms with Gasteiger partial charge in [-0.25, -0.2) is 4.98 Å². The zero-order chi connectivity index (χ0) is 17.6. The third kappa shape index (κ3) is 3.93. The Hall–Kier alpha value is -2.55. The zero-order valence-electron chi connectivity index (χ0n) is 15.2. The van der Waals surface area contributed by atoms with Crippen LogP contribution in [0.15, 0.2) is 54.6 Å². The molecule has 0 fully saturated rings. The fourth-order valence-corrected chi connectivity index (χ4v) is 3.22. The van der Waals surface area contributed by atoms with Crippen LogP contribution in [0.1, 0.15) is 43.9 Å². The van der Waals surface area contributed by atoms with Crippen LogP contribution < -0.4 is 5.73 Å². The molecule has 130 valence electrons. The summed E-state index contributed by atoms with van der Waals surface area (Å²) in [6.07, 6.45) is 5.87. The van der Waals surface area contributed by atoms with Crippen molar-refractivity contribution in [3.05, 3.63) is 65.9 Å². The molecule has 0 unspecified atom stereocenters. The quantitative estimate of drug-likeness (QED) is 0.576. The monoisotopic (exact) mass is 333 g/mol. The number of nitrogen functional groups attached to an aromatic ring is 1. The van der Waals surface area contributed by atoms with Crippen molar-refractivity contribution >= 4 is 5.95 Å². The minimum atomic E-state index is 0.562. The molecule has 2 aromatic carbocycles. The van der Waals surface area contributed by atoms with E-state index in [-0.39, 0.29) is 0 Å². The summed E-state index contributed by atoms with van der Waals surface area (Å²) in [5.74, 6) is 0.562. The molecule has 0 spiro atoms. The minimum absolute atomic E-state index is 0.562. The number of nitrogens with two attached hydrogens (primary N) is 1. The number of aryl methyl sites for hydroxylation is 2. The summed E-state index contributed by atoms with van der Waals surface area (Å²) in [5.41, 5.74) is 12.0. The van der Waals surface area contributed by atoms with E-state index in [4.69, 9.17) is 10.7 Å². The molecule has 3 aromatic rings. The number of para-hydroxylation sites is 1. The molecule has 1 aromatic heterocycles. The number of hydrogen-bond acceptors (Lipinski definition) is 2. The molecule has 2 N–H and O–H groups in total. The smallest absolute Gasteiger partial charge is 0.205 e. The lowest BCUT2D eigenvalue weighted by Crippen LogP contribution is -2.02. The van der Waals surface area contributed by atoms with Crippen LogP contribution in [-0.4, -0.2) is 9.55 Å². The van der Waals surface area contributed by atoms with E-state index in [9.17, 15) is 0 Å². The Morgan fingerprint density at radius 2 is 1.64 bits per heavy atom. The minimum Gasteiger partial charge on any atom is -0.369 e. The molecule has 0 aliphatic carbocycles. The second-order valence-corrected chi connectivity index (χ2v) is 6.61. The van der Waals surface area contributed by atoms with Gasteiger partial charge in [-0.05, 0) is 31.9 Å². The van der Waals surface area contributed by atoms with Crippen LogP contribution >= 0.6 is 0 Å². The molecule has 3 rings (SSSR count). The summed E-state index contributed by atoms with van der Waals surface area (Å²) in [6, 6.07) is 18.9. The highest BCUT2D eigenvalue weighted by molar-refractivity contribution is 5.68. The fraction of sp³-hybridized carbons (Fsp3) is 0.318. The van der Waals surface area contributed by atoms with Gasteiger partial charge in [0, 0.05) is 11.3 Å². The normalized spacial score (nSPS) is 11.0. The molecular formula is C22H27N3. The molecule has 0 aliphatic heterocycles. The summed E-state index contributed by atoms with van der Waals surface area (Å²) in [4.78, 5) is 4.72. The molecule has 0 amide bonds. The Kier molecular flexibility index (Phi) is 5.54. The van der Waals surface area contributed by atoms with Gasteiger partial charge in [0.1, 0.15) is 0 Å². The van der Waals surface area contributed by atoms with Gasteiger partial charge in [0.25, 0.3) is 0 Å². The van der Waals surface area contributed by atoms with Crippen molar-refractivity contribution < 1.29 is 0 Å². The van der Waals surface area contributed by atoms with E-state index in [0.29, 0.717) is 5.95 Å². The van der Waals surface area contributed by atoms with Crippen LogP contribution in [-0.2, 0) is 6.42 Å². The highest BCUT2D eigenvalue weighted by Gasteiger charge is 2.18. The Bertz CT molecular complexity index is 801. The first-order valence-electron chi connectivity index (χ1n) is 9.20. The number of benzene rings is 2. The van der Waals surface area contributed by atoms with Gasteiger partial charge in [0.15, 0.2) is 0 Å². The third-order valence-corrected chi connectivity index (χ3v) is 4.58. The molecule has 0 saturated heterocycles. The third-order valence-electron chi connectivity index (χ3n) is 4.58. The van der Waals surface area contributed by atoms with Gasteiger partial charge in [0.2, 0.25) is 5.95 Å². The van der Waals surface area contributed by atoms with Gasteiger partial charge in [0.05, 0.1) is 11.4 Å². The van der Waals surface area contributed by atoms with Gasteiger partial charge in [-0.3, -0.25) is 4.57 Å². The molecule has 0 saturated carbocycles. The Balaban J connectivity index is 2.05. The lowest BCUT2D eigenvalue weighted by molar-refractivity contribution is 0.662. The largest absolute Gasteiger partial charge is 0.369 e. The van der Waals surface area contributed by atoms with E-state index in [2.05, 4.69) is 54.8 Å². The van der Waals surface area contributed by atoms with E-state index in [1.807, 2.05) is 18.2 Å². The molecule has 0 radical (unpaired) electrons. The number of unbranched alkanes of at least 4 members (excludes halogenated alkanes) is 3. The maximum Gasteiger partial charge on any atom is 0.205 e. The number of imidazole rings is 1.